The number of likely N-dealkylation sites (tertiary alicyclic amines) is 1. The fraction of sp³-hybridized carbons (Fsp3) is 0.611. The molecule has 1 unspecified atom stereocenters. The van der Waals surface area contributed by atoms with Gasteiger partial charge in [-0.15, -0.1) is 0 Å². The van der Waals surface area contributed by atoms with Crippen LogP contribution in [0.1, 0.15) is 30.1 Å². The molecule has 0 bridgehead atoms. The predicted octanol–water partition coefficient (Wildman–Crippen LogP) is 0.919. The van der Waals surface area contributed by atoms with Gasteiger partial charge in [0.25, 0.3) is 0 Å². The van der Waals surface area contributed by atoms with Crippen LogP contribution < -0.4 is 5.32 Å². The quantitative estimate of drug-likeness (QED) is 0.897. The minimum Gasteiger partial charge on any atom is -0.338 e. The Labute approximate surface area is 148 Å². The lowest BCUT2D eigenvalue weighted by atomic mass is 9.89. The Morgan fingerprint density at radius 2 is 2.28 bits per heavy atom. The standard InChI is InChI=1S/C18H26N6O/c1-13-20-5-7-23(13)12-15-4-3-6-24(15)18(25)17-10-19-9-16(17)14-8-21-22(2)11-14/h5,7-8,11,15-17,19H,3-4,6,9-10,12H2,1-2H3/t15?,16-,17+/m1/s1. The molecule has 1 amide bonds. The van der Waals surface area contributed by atoms with E-state index in [-0.39, 0.29) is 17.9 Å². The zero-order valence-electron chi connectivity index (χ0n) is 14.9. The first kappa shape index (κ1) is 16.3. The van der Waals surface area contributed by atoms with E-state index in [1.54, 1.807) is 0 Å². The van der Waals surface area contributed by atoms with E-state index in [2.05, 4.69) is 24.9 Å². The van der Waals surface area contributed by atoms with Crippen LogP contribution in [0.25, 0.3) is 0 Å². The van der Waals surface area contributed by atoms with Crippen LogP contribution in [0.3, 0.4) is 0 Å². The molecule has 0 spiro atoms. The van der Waals surface area contributed by atoms with Crippen molar-refractivity contribution in [1.82, 2.24) is 29.5 Å². The van der Waals surface area contributed by atoms with Gasteiger partial charge in [-0.1, -0.05) is 0 Å². The van der Waals surface area contributed by atoms with Crippen molar-refractivity contribution in [1.29, 1.82) is 0 Å². The lowest BCUT2D eigenvalue weighted by molar-refractivity contribution is -0.136. The molecular formula is C18H26N6O. The number of nitrogens with zero attached hydrogens (tertiary/aromatic N) is 5. The Morgan fingerprint density at radius 3 is 3.00 bits per heavy atom. The third-order valence-electron chi connectivity index (χ3n) is 5.68. The zero-order valence-corrected chi connectivity index (χ0v) is 14.9. The lowest BCUT2D eigenvalue weighted by Crippen LogP contribution is -2.43. The van der Waals surface area contributed by atoms with Gasteiger partial charge in [0, 0.05) is 63.8 Å². The number of amides is 1. The number of hydrogen-bond acceptors (Lipinski definition) is 4. The van der Waals surface area contributed by atoms with E-state index < -0.39 is 0 Å². The molecule has 0 aliphatic carbocycles. The predicted molar refractivity (Wildman–Crippen MR) is 94.0 cm³/mol. The summed E-state index contributed by atoms with van der Waals surface area (Å²) >= 11 is 0. The molecule has 3 atom stereocenters. The lowest BCUT2D eigenvalue weighted by Gasteiger charge is -2.29. The van der Waals surface area contributed by atoms with Crippen molar-refractivity contribution in [3.63, 3.8) is 0 Å². The molecule has 25 heavy (non-hydrogen) atoms. The largest absolute Gasteiger partial charge is 0.338 e. The first-order valence-electron chi connectivity index (χ1n) is 9.11. The van der Waals surface area contributed by atoms with Gasteiger partial charge in [0.05, 0.1) is 12.1 Å². The number of aryl methyl sites for hydroxylation is 2. The Bertz CT molecular complexity index is 750. The van der Waals surface area contributed by atoms with Crippen molar-refractivity contribution < 1.29 is 4.79 Å². The average molecular weight is 342 g/mol. The molecule has 2 fully saturated rings. The van der Waals surface area contributed by atoms with Crippen LogP contribution in [0, 0.1) is 12.8 Å². The van der Waals surface area contributed by atoms with Gasteiger partial charge < -0.3 is 14.8 Å². The molecule has 1 N–H and O–H groups in total. The van der Waals surface area contributed by atoms with Gasteiger partial charge in [-0.05, 0) is 25.3 Å². The number of carbonyl (C=O) groups is 1. The molecule has 2 saturated heterocycles. The highest BCUT2D eigenvalue weighted by Gasteiger charge is 2.40. The molecule has 7 heteroatoms. The van der Waals surface area contributed by atoms with E-state index in [9.17, 15) is 4.79 Å². The number of rotatable bonds is 4. The smallest absolute Gasteiger partial charge is 0.227 e. The van der Waals surface area contributed by atoms with E-state index in [1.165, 1.54) is 0 Å². The van der Waals surface area contributed by atoms with Crippen molar-refractivity contribution in [3.8, 4) is 0 Å². The molecular weight excluding hydrogens is 316 g/mol. The Morgan fingerprint density at radius 1 is 1.40 bits per heavy atom. The Kier molecular flexibility index (Phi) is 4.33. The zero-order chi connectivity index (χ0) is 17.4. The van der Waals surface area contributed by atoms with Gasteiger partial charge in [0.15, 0.2) is 0 Å². The van der Waals surface area contributed by atoms with E-state index in [0.29, 0.717) is 5.91 Å². The summed E-state index contributed by atoms with van der Waals surface area (Å²) in [5.41, 5.74) is 1.16. The molecule has 4 heterocycles. The number of carbonyl (C=O) groups excluding carboxylic acids is 1. The maximum atomic E-state index is 13.3. The summed E-state index contributed by atoms with van der Waals surface area (Å²) in [6.07, 6.45) is 9.92. The second kappa shape index (κ2) is 6.63. The van der Waals surface area contributed by atoms with Crippen LogP contribution in [-0.2, 0) is 18.4 Å². The maximum Gasteiger partial charge on any atom is 0.227 e. The SMILES string of the molecule is Cc1nccn1CC1CCCN1C(=O)[C@H]1CNC[C@@H]1c1cnn(C)c1. The van der Waals surface area contributed by atoms with Gasteiger partial charge >= 0.3 is 0 Å². The normalized spacial score (nSPS) is 26.5. The molecule has 2 aromatic rings. The van der Waals surface area contributed by atoms with Crippen LogP contribution in [-0.4, -0.2) is 55.8 Å². The van der Waals surface area contributed by atoms with Crippen LogP contribution in [0.4, 0.5) is 0 Å². The van der Waals surface area contributed by atoms with Gasteiger partial charge in [-0.2, -0.15) is 5.10 Å². The summed E-state index contributed by atoms with van der Waals surface area (Å²) in [5, 5.41) is 7.69. The minimum absolute atomic E-state index is 0.00804. The summed E-state index contributed by atoms with van der Waals surface area (Å²) in [4.78, 5) is 19.7. The van der Waals surface area contributed by atoms with Gasteiger partial charge in [0.2, 0.25) is 5.91 Å². The van der Waals surface area contributed by atoms with Crippen molar-refractivity contribution in [2.45, 2.75) is 38.3 Å². The highest BCUT2D eigenvalue weighted by molar-refractivity contribution is 5.81. The van der Waals surface area contributed by atoms with Gasteiger partial charge in [-0.25, -0.2) is 4.98 Å². The van der Waals surface area contributed by atoms with Crippen molar-refractivity contribution in [2.75, 3.05) is 19.6 Å². The monoisotopic (exact) mass is 342 g/mol. The molecule has 2 aromatic heterocycles. The summed E-state index contributed by atoms with van der Waals surface area (Å²) < 4.78 is 3.97. The summed E-state index contributed by atoms with van der Waals surface area (Å²) in [7, 11) is 1.92. The molecule has 7 nitrogen and oxygen atoms in total. The first-order chi connectivity index (χ1) is 12.1. The summed E-state index contributed by atoms with van der Waals surface area (Å²) in [6.45, 7) is 5.33. The van der Waals surface area contributed by atoms with E-state index in [1.807, 2.05) is 43.4 Å². The van der Waals surface area contributed by atoms with Crippen LogP contribution >= 0.6 is 0 Å². The number of hydrogen-bond donors (Lipinski definition) is 1. The molecule has 0 saturated carbocycles. The Balaban J connectivity index is 1.50. The molecule has 0 radical (unpaired) electrons. The van der Waals surface area contributed by atoms with Crippen molar-refractivity contribution in [2.24, 2.45) is 13.0 Å². The third kappa shape index (κ3) is 3.08. The second-order valence-electron chi connectivity index (χ2n) is 7.27. The Hall–Kier alpha value is -2.15. The van der Waals surface area contributed by atoms with Gasteiger partial charge in [-0.3, -0.25) is 9.48 Å². The average Bonchev–Trinajstić information content (AvgIpc) is 3.35. The molecule has 134 valence electrons. The maximum absolute atomic E-state index is 13.3. The highest BCUT2D eigenvalue weighted by Crippen LogP contribution is 2.32. The third-order valence-corrected chi connectivity index (χ3v) is 5.68. The number of nitrogens with one attached hydrogen (secondary N) is 1. The second-order valence-corrected chi connectivity index (χ2v) is 7.27. The number of imidazole rings is 1. The van der Waals surface area contributed by atoms with Crippen molar-refractivity contribution in [3.05, 3.63) is 36.2 Å². The summed E-state index contributed by atoms with van der Waals surface area (Å²) in [5.74, 6) is 1.53. The fourth-order valence-corrected chi connectivity index (χ4v) is 4.27. The molecule has 0 aromatic carbocycles. The van der Waals surface area contributed by atoms with E-state index >= 15 is 0 Å². The molecule has 4 rings (SSSR count). The van der Waals surface area contributed by atoms with Crippen LogP contribution in [0.15, 0.2) is 24.8 Å². The first-order valence-corrected chi connectivity index (χ1v) is 9.11. The van der Waals surface area contributed by atoms with Crippen LogP contribution in [0.2, 0.25) is 0 Å². The van der Waals surface area contributed by atoms with E-state index in [0.717, 1.165) is 50.4 Å². The van der Waals surface area contributed by atoms with Gasteiger partial charge in [0.1, 0.15) is 5.82 Å². The van der Waals surface area contributed by atoms with Crippen molar-refractivity contribution >= 4 is 5.91 Å². The topological polar surface area (TPSA) is 68.0 Å². The van der Waals surface area contributed by atoms with Crippen LogP contribution in [0.5, 0.6) is 0 Å². The fourth-order valence-electron chi connectivity index (χ4n) is 4.27. The molecule has 2 aliphatic rings. The van der Waals surface area contributed by atoms with E-state index in [4.69, 9.17) is 0 Å². The highest BCUT2D eigenvalue weighted by atomic mass is 16.2. The minimum atomic E-state index is 0.00804. The molecule has 2 aliphatic heterocycles. The summed E-state index contributed by atoms with van der Waals surface area (Å²) in [6, 6.07) is 0.274. The number of aromatic nitrogens is 4.